The summed E-state index contributed by atoms with van der Waals surface area (Å²) in [5.41, 5.74) is -6.03. The second-order valence-corrected chi connectivity index (χ2v) is 11.7. The van der Waals surface area contributed by atoms with Gasteiger partial charge in [0.2, 0.25) is 0 Å². The van der Waals surface area contributed by atoms with Crippen LogP contribution in [0.2, 0.25) is 0 Å². The van der Waals surface area contributed by atoms with E-state index in [1.54, 1.807) is 90.4 Å². The second kappa shape index (κ2) is 9.36. The molecule has 0 bridgehead atoms. The highest BCUT2D eigenvalue weighted by molar-refractivity contribution is 14.1. The van der Waals surface area contributed by atoms with Crippen molar-refractivity contribution in [3.63, 3.8) is 0 Å². The minimum absolute atomic E-state index is 0.0301. The summed E-state index contributed by atoms with van der Waals surface area (Å²) >= 11 is 8.50. The van der Waals surface area contributed by atoms with E-state index >= 15 is 0 Å². The Kier molecular flexibility index (Phi) is 9.32. The Morgan fingerprint density at radius 1 is 0.821 bits per heavy atom. The SMILES string of the molecule is O=C(OC(CS(=O)(=O)O)(C(F)(F)F)C(F)(F)F)c1c(I)c(I)c(I)c(I)c1I. The van der Waals surface area contributed by atoms with Gasteiger partial charge in [0.05, 0.1) is 5.56 Å². The van der Waals surface area contributed by atoms with Gasteiger partial charge >= 0.3 is 23.9 Å². The zero-order chi connectivity index (χ0) is 22.5. The molecule has 0 aromatic heterocycles. The smallest absolute Gasteiger partial charge is 0.435 e. The van der Waals surface area contributed by atoms with Crippen LogP contribution in [0, 0.1) is 17.9 Å². The van der Waals surface area contributed by atoms with E-state index in [1.165, 1.54) is 0 Å². The maximum absolute atomic E-state index is 13.3. The molecule has 1 aromatic rings. The average molecular weight is 996 g/mol. The van der Waals surface area contributed by atoms with E-state index in [-0.39, 0.29) is 7.14 Å². The minimum Gasteiger partial charge on any atom is -0.435 e. The summed E-state index contributed by atoms with van der Waals surface area (Å²) in [5, 5.41) is 0. The number of carbonyl (C=O) groups is 1. The molecule has 0 radical (unpaired) electrons. The van der Waals surface area contributed by atoms with E-state index in [1.807, 2.05) is 22.6 Å². The standard InChI is InChI=1S/C11H3F6I5O5S/c12-10(13,14)9(11(15,16)17,1-28(24,25)26)27-8(23)2-3(18)5(20)7(22)6(21)4(2)19/h1H2,(H,24,25,26). The number of benzene rings is 1. The van der Waals surface area contributed by atoms with E-state index in [2.05, 4.69) is 4.74 Å². The van der Waals surface area contributed by atoms with Crippen LogP contribution in [0.4, 0.5) is 26.3 Å². The van der Waals surface area contributed by atoms with Crippen molar-refractivity contribution in [2.24, 2.45) is 0 Å². The van der Waals surface area contributed by atoms with Crippen molar-refractivity contribution >= 4 is 129 Å². The molecule has 0 saturated heterocycles. The van der Waals surface area contributed by atoms with Crippen LogP contribution >= 0.6 is 113 Å². The molecule has 0 fully saturated rings. The number of carbonyl (C=O) groups excluding carboxylic acids is 1. The van der Waals surface area contributed by atoms with Crippen molar-refractivity contribution in [3.8, 4) is 0 Å². The van der Waals surface area contributed by atoms with Crippen molar-refractivity contribution in [2.45, 2.75) is 18.0 Å². The summed E-state index contributed by atoms with van der Waals surface area (Å²) in [7, 11) is -5.84. The first-order chi connectivity index (χ1) is 12.3. The molecule has 0 aliphatic heterocycles. The molecule has 0 heterocycles. The van der Waals surface area contributed by atoms with Crippen molar-refractivity contribution < 1.29 is 48.8 Å². The van der Waals surface area contributed by atoms with E-state index in [0.29, 0.717) is 10.7 Å². The quantitative estimate of drug-likeness (QED) is 0.106. The van der Waals surface area contributed by atoms with Gasteiger partial charge in [0, 0.05) is 17.9 Å². The Balaban J connectivity index is 3.74. The molecule has 28 heavy (non-hydrogen) atoms. The fourth-order valence-electron chi connectivity index (χ4n) is 1.72. The van der Waals surface area contributed by atoms with Crippen LogP contribution < -0.4 is 0 Å². The molecule has 0 saturated carbocycles. The number of halogens is 11. The fourth-order valence-corrected chi connectivity index (χ4v) is 7.82. The third kappa shape index (κ3) is 5.79. The predicted octanol–water partition coefficient (Wildman–Crippen LogP) is 5.62. The van der Waals surface area contributed by atoms with E-state index in [4.69, 9.17) is 4.55 Å². The molecule has 1 rings (SSSR count). The van der Waals surface area contributed by atoms with Crippen LogP contribution in [0.1, 0.15) is 10.4 Å². The first-order valence-electron chi connectivity index (χ1n) is 6.10. The van der Waals surface area contributed by atoms with Crippen LogP contribution in [0.15, 0.2) is 0 Å². The lowest BCUT2D eigenvalue weighted by atomic mass is 10.1. The largest absolute Gasteiger partial charge is 0.438 e. The Hall–Kier alpha value is 1.83. The molecule has 0 unspecified atom stereocenters. The van der Waals surface area contributed by atoms with E-state index in [9.17, 15) is 39.6 Å². The lowest BCUT2D eigenvalue weighted by Gasteiger charge is -2.35. The van der Waals surface area contributed by atoms with Gasteiger partial charge in [-0.1, -0.05) is 0 Å². The third-order valence-electron chi connectivity index (χ3n) is 2.98. The van der Waals surface area contributed by atoms with Gasteiger partial charge in [0.1, 0.15) is 5.75 Å². The summed E-state index contributed by atoms with van der Waals surface area (Å²) < 4.78 is 116. The summed E-state index contributed by atoms with van der Waals surface area (Å²) in [4.78, 5) is 12.4. The Labute approximate surface area is 221 Å². The van der Waals surface area contributed by atoms with Crippen molar-refractivity contribution in [1.82, 2.24) is 0 Å². The summed E-state index contributed by atoms with van der Waals surface area (Å²) in [5.74, 6) is -4.95. The van der Waals surface area contributed by atoms with Crippen molar-refractivity contribution in [2.75, 3.05) is 5.75 Å². The predicted molar refractivity (Wildman–Crippen MR) is 127 cm³/mol. The molecule has 160 valence electrons. The Morgan fingerprint density at radius 2 is 1.14 bits per heavy atom. The van der Waals surface area contributed by atoms with Crippen LogP contribution in [-0.2, 0) is 14.9 Å². The molecular weight excluding hydrogens is 993 g/mol. The van der Waals surface area contributed by atoms with E-state index < -0.39 is 45.4 Å². The van der Waals surface area contributed by atoms with Gasteiger partial charge in [-0.3, -0.25) is 4.55 Å². The number of hydrogen-bond acceptors (Lipinski definition) is 4. The highest BCUT2D eigenvalue weighted by atomic mass is 127. The summed E-state index contributed by atoms with van der Waals surface area (Å²) in [6.07, 6.45) is -12.8. The molecule has 17 heteroatoms. The van der Waals surface area contributed by atoms with Crippen LogP contribution in [-0.4, -0.2) is 42.6 Å². The number of ether oxygens (including phenoxy) is 1. The fraction of sp³-hybridized carbons (Fsp3) is 0.364. The molecule has 1 N–H and O–H groups in total. The number of alkyl halides is 6. The highest BCUT2D eigenvalue weighted by Gasteiger charge is 2.76. The molecule has 0 aliphatic rings. The first-order valence-corrected chi connectivity index (χ1v) is 13.1. The van der Waals surface area contributed by atoms with Crippen molar-refractivity contribution in [1.29, 1.82) is 0 Å². The molecule has 0 aliphatic carbocycles. The monoisotopic (exact) mass is 995 g/mol. The number of esters is 1. The lowest BCUT2D eigenvalue weighted by molar-refractivity contribution is -0.356. The maximum Gasteiger partial charge on any atom is 0.438 e. The summed E-state index contributed by atoms with van der Waals surface area (Å²) in [6.45, 7) is 0. The first kappa shape index (κ1) is 27.9. The zero-order valence-electron chi connectivity index (χ0n) is 12.4. The van der Waals surface area contributed by atoms with Crippen molar-refractivity contribution in [3.05, 3.63) is 23.4 Å². The minimum atomic E-state index is -6.38. The van der Waals surface area contributed by atoms with Gasteiger partial charge in [-0.2, -0.15) is 34.8 Å². The van der Waals surface area contributed by atoms with Gasteiger partial charge in [-0.05, 0) is 113 Å². The molecule has 0 spiro atoms. The van der Waals surface area contributed by atoms with Gasteiger partial charge in [0.15, 0.2) is 0 Å². The lowest BCUT2D eigenvalue weighted by Crippen LogP contribution is -2.63. The zero-order valence-corrected chi connectivity index (χ0v) is 24.0. The molecule has 0 amide bonds. The van der Waals surface area contributed by atoms with Crippen LogP contribution in [0.3, 0.4) is 0 Å². The normalized spacial score (nSPS) is 13.6. The van der Waals surface area contributed by atoms with Crippen LogP contribution in [0.25, 0.3) is 0 Å². The summed E-state index contributed by atoms with van der Waals surface area (Å²) in [6, 6.07) is 0. The van der Waals surface area contributed by atoms with Gasteiger partial charge in [-0.25, -0.2) is 4.79 Å². The molecule has 5 nitrogen and oxygen atoms in total. The van der Waals surface area contributed by atoms with Gasteiger partial charge < -0.3 is 4.74 Å². The molecule has 0 atom stereocenters. The third-order valence-corrected chi connectivity index (χ3v) is 13.3. The number of rotatable bonds is 4. The topological polar surface area (TPSA) is 80.7 Å². The Bertz CT molecular complexity index is 871. The van der Waals surface area contributed by atoms with Gasteiger partial charge in [-0.15, -0.1) is 0 Å². The highest BCUT2D eigenvalue weighted by Crippen LogP contribution is 2.47. The average Bonchev–Trinajstić information content (AvgIpc) is 2.47. The van der Waals surface area contributed by atoms with E-state index in [0.717, 1.165) is 0 Å². The number of hydrogen-bond donors (Lipinski definition) is 1. The molecular formula is C11H3F6I5O5S. The van der Waals surface area contributed by atoms with Gasteiger partial charge in [0.25, 0.3) is 10.1 Å². The maximum atomic E-state index is 13.3. The Morgan fingerprint density at radius 3 is 1.43 bits per heavy atom. The van der Waals surface area contributed by atoms with Crippen LogP contribution in [0.5, 0.6) is 0 Å². The second-order valence-electron chi connectivity index (χ2n) is 4.88. The molecule has 1 aromatic carbocycles.